The Morgan fingerprint density at radius 3 is 2.41 bits per heavy atom. The molecule has 144 valence electrons. The summed E-state index contributed by atoms with van der Waals surface area (Å²) in [4.78, 5) is 16.5. The van der Waals surface area contributed by atoms with Crippen molar-refractivity contribution < 1.29 is 9.53 Å². The number of nitrogens with zero attached hydrogens (tertiary/aromatic N) is 2. The summed E-state index contributed by atoms with van der Waals surface area (Å²) in [6.45, 7) is 6.28. The van der Waals surface area contributed by atoms with E-state index in [0.29, 0.717) is 12.6 Å². The van der Waals surface area contributed by atoms with E-state index in [1.165, 1.54) is 5.56 Å². The van der Waals surface area contributed by atoms with Crippen molar-refractivity contribution >= 4 is 27.6 Å². The minimum atomic E-state index is -0.119. The number of morpholine rings is 1. The van der Waals surface area contributed by atoms with E-state index in [9.17, 15) is 4.79 Å². The number of rotatable bonds is 5. The molecule has 0 radical (unpaired) electrons. The number of amides is 2. The van der Waals surface area contributed by atoms with Gasteiger partial charge in [0.25, 0.3) is 0 Å². The Balaban J connectivity index is 1.55. The van der Waals surface area contributed by atoms with E-state index in [-0.39, 0.29) is 6.03 Å². The standard InChI is InChI=1S/C21H26BrN3O2/c1-16(25-11-13-27-14-12-25)18-5-9-20(10-6-18)23-21(26)24(2)15-17-3-7-19(22)8-4-17/h3-10,16H,11-15H2,1-2H3,(H,23,26). The first kappa shape index (κ1) is 19.9. The van der Waals surface area contributed by atoms with Crippen LogP contribution in [0.15, 0.2) is 53.0 Å². The number of ether oxygens (including phenoxy) is 1. The Morgan fingerprint density at radius 1 is 1.15 bits per heavy atom. The van der Waals surface area contributed by atoms with Gasteiger partial charge in [-0.25, -0.2) is 4.79 Å². The maximum atomic E-state index is 12.4. The largest absolute Gasteiger partial charge is 0.379 e. The zero-order valence-corrected chi connectivity index (χ0v) is 17.4. The second-order valence-corrected chi connectivity index (χ2v) is 7.77. The molecule has 0 bridgehead atoms. The summed E-state index contributed by atoms with van der Waals surface area (Å²) >= 11 is 3.42. The van der Waals surface area contributed by atoms with Crippen LogP contribution in [0.25, 0.3) is 0 Å². The molecule has 1 heterocycles. The molecule has 0 spiro atoms. The summed E-state index contributed by atoms with van der Waals surface area (Å²) in [6, 6.07) is 16.3. The SMILES string of the molecule is CC(c1ccc(NC(=O)N(C)Cc2ccc(Br)cc2)cc1)N1CCOCC1. The quantitative estimate of drug-likeness (QED) is 0.757. The van der Waals surface area contributed by atoms with Crippen LogP contribution in [0.1, 0.15) is 24.1 Å². The van der Waals surface area contributed by atoms with E-state index in [0.717, 1.165) is 42.0 Å². The topological polar surface area (TPSA) is 44.8 Å². The van der Waals surface area contributed by atoms with Gasteiger partial charge < -0.3 is 15.0 Å². The van der Waals surface area contributed by atoms with Crippen molar-refractivity contribution in [2.24, 2.45) is 0 Å². The van der Waals surface area contributed by atoms with Gasteiger partial charge in [0.05, 0.1) is 13.2 Å². The molecule has 1 aliphatic heterocycles. The van der Waals surface area contributed by atoms with Gasteiger partial charge >= 0.3 is 6.03 Å². The number of carbonyl (C=O) groups is 1. The van der Waals surface area contributed by atoms with Gasteiger partial charge in [0.1, 0.15) is 0 Å². The summed E-state index contributed by atoms with van der Waals surface area (Å²) in [5, 5.41) is 2.96. The third kappa shape index (κ3) is 5.54. The van der Waals surface area contributed by atoms with Crippen molar-refractivity contribution in [2.75, 3.05) is 38.7 Å². The van der Waals surface area contributed by atoms with Gasteiger partial charge in [-0.2, -0.15) is 0 Å². The minimum Gasteiger partial charge on any atom is -0.379 e. The molecule has 3 rings (SSSR count). The Hall–Kier alpha value is -1.89. The first-order chi connectivity index (χ1) is 13.0. The molecule has 1 fully saturated rings. The van der Waals surface area contributed by atoms with Crippen LogP contribution in [0.3, 0.4) is 0 Å². The number of halogens is 1. The molecule has 2 aromatic rings. The van der Waals surface area contributed by atoms with Crippen LogP contribution in [-0.4, -0.2) is 49.2 Å². The summed E-state index contributed by atoms with van der Waals surface area (Å²) < 4.78 is 6.46. The average Bonchev–Trinajstić information content (AvgIpc) is 2.70. The highest BCUT2D eigenvalue weighted by Gasteiger charge is 2.18. The van der Waals surface area contributed by atoms with Gasteiger partial charge in [0.2, 0.25) is 0 Å². The van der Waals surface area contributed by atoms with Crippen LogP contribution in [0.5, 0.6) is 0 Å². The van der Waals surface area contributed by atoms with Crippen molar-refractivity contribution in [3.8, 4) is 0 Å². The van der Waals surface area contributed by atoms with Gasteiger partial charge in [-0.05, 0) is 42.3 Å². The second-order valence-electron chi connectivity index (χ2n) is 6.86. The molecule has 0 aliphatic carbocycles. The molecule has 5 nitrogen and oxygen atoms in total. The number of hydrogen-bond acceptors (Lipinski definition) is 3. The Bertz CT molecular complexity index is 743. The van der Waals surface area contributed by atoms with Gasteiger partial charge in [-0.15, -0.1) is 0 Å². The first-order valence-corrected chi connectivity index (χ1v) is 10.0. The minimum absolute atomic E-state index is 0.119. The van der Waals surface area contributed by atoms with Crippen LogP contribution in [0, 0.1) is 0 Å². The molecule has 0 aromatic heterocycles. The first-order valence-electron chi connectivity index (χ1n) is 9.21. The lowest BCUT2D eigenvalue weighted by Crippen LogP contribution is -2.38. The number of nitrogens with one attached hydrogen (secondary N) is 1. The highest BCUT2D eigenvalue weighted by atomic mass is 79.9. The van der Waals surface area contributed by atoms with Crippen LogP contribution in [0.2, 0.25) is 0 Å². The van der Waals surface area contributed by atoms with E-state index < -0.39 is 0 Å². The lowest BCUT2D eigenvalue weighted by molar-refractivity contribution is 0.0198. The number of carbonyl (C=O) groups excluding carboxylic acids is 1. The van der Waals surface area contributed by atoms with Crippen molar-refractivity contribution in [3.63, 3.8) is 0 Å². The fourth-order valence-corrected chi connectivity index (χ4v) is 3.44. The van der Waals surface area contributed by atoms with Gasteiger partial charge in [0.15, 0.2) is 0 Å². The molecular weight excluding hydrogens is 406 g/mol. The summed E-state index contributed by atoms with van der Waals surface area (Å²) in [5.41, 5.74) is 3.14. The van der Waals surface area contributed by atoms with Crippen molar-refractivity contribution in [1.82, 2.24) is 9.80 Å². The molecule has 1 saturated heterocycles. The number of benzene rings is 2. The fraction of sp³-hybridized carbons (Fsp3) is 0.381. The zero-order valence-electron chi connectivity index (χ0n) is 15.8. The highest BCUT2D eigenvalue weighted by Crippen LogP contribution is 2.23. The third-order valence-electron chi connectivity index (χ3n) is 4.92. The van der Waals surface area contributed by atoms with Crippen LogP contribution >= 0.6 is 15.9 Å². The molecule has 2 amide bonds. The molecule has 2 aromatic carbocycles. The smallest absolute Gasteiger partial charge is 0.321 e. The van der Waals surface area contributed by atoms with Crippen molar-refractivity contribution in [3.05, 3.63) is 64.1 Å². The fourth-order valence-electron chi connectivity index (χ4n) is 3.17. The normalized spacial score (nSPS) is 16.0. The molecule has 6 heteroatoms. The van der Waals surface area contributed by atoms with E-state index in [1.807, 2.05) is 36.4 Å². The Morgan fingerprint density at radius 2 is 1.78 bits per heavy atom. The lowest BCUT2D eigenvalue weighted by Gasteiger charge is -2.32. The average molecular weight is 432 g/mol. The summed E-state index contributed by atoms with van der Waals surface area (Å²) in [7, 11) is 1.80. The molecular formula is C21H26BrN3O2. The van der Waals surface area contributed by atoms with Crippen molar-refractivity contribution in [2.45, 2.75) is 19.5 Å². The van der Waals surface area contributed by atoms with Gasteiger partial charge in [-0.1, -0.05) is 40.2 Å². The van der Waals surface area contributed by atoms with E-state index in [4.69, 9.17) is 4.74 Å². The zero-order chi connectivity index (χ0) is 19.2. The van der Waals surface area contributed by atoms with Crippen molar-refractivity contribution in [1.29, 1.82) is 0 Å². The summed E-state index contributed by atoms with van der Waals surface area (Å²) in [6.07, 6.45) is 0. The Kier molecular flexibility index (Phi) is 6.88. The second kappa shape index (κ2) is 9.35. The van der Waals surface area contributed by atoms with Crippen LogP contribution < -0.4 is 5.32 Å². The van der Waals surface area contributed by atoms with Crippen LogP contribution in [0.4, 0.5) is 10.5 Å². The number of anilines is 1. The Labute approximate surface area is 169 Å². The predicted molar refractivity (Wildman–Crippen MR) is 112 cm³/mol. The molecule has 27 heavy (non-hydrogen) atoms. The monoisotopic (exact) mass is 431 g/mol. The molecule has 0 saturated carbocycles. The highest BCUT2D eigenvalue weighted by molar-refractivity contribution is 9.10. The van der Waals surface area contributed by atoms with Gasteiger partial charge in [0, 0.05) is 42.9 Å². The summed E-state index contributed by atoms with van der Waals surface area (Å²) in [5.74, 6) is 0. The number of urea groups is 1. The van der Waals surface area contributed by atoms with E-state index >= 15 is 0 Å². The van der Waals surface area contributed by atoms with Crippen LogP contribution in [-0.2, 0) is 11.3 Å². The maximum Gasteiger partial charge on any atom is 0.321 e. The molecule has 1 N–H and O–H groups in total. The molecule has 1 unspecified atom stereocenters. The predicted octanol–water partition coefficient (Wildman–Crippen LogP) is 4.51. The van der Waals surface area contributed by atoms with E-state index in [1.54, 1.807) is 11.9 Å². The molecule has 1 atom stereocenters. The third-order valence-corrected chi connectivity index (χ3v) is 5.45. The van der Waals surface area contributed by atoms with Gasteiger partial charge in [-0.3, -0.25) is 4.90 Å². The lowest BCUT2D eigenvalue weighted by atomic mass is 10.1. The molecule has 1 aliphatic rings. The maximum absolute atomic E-state index is 12.4. The van der Waals surface area contributed by atoms with E-state index in [2.05, 4.69) is 45.2 Å². The number of hydrogen-bond donors (Lipinski definition) is 1.